The van der Waals surface area contributed by atoms with Crippen LogP contribution in [0.25, 0.3) is 0 Å². The predicted molar refractivity (Wildman–Crippen MR) is 236 cm³/mol. The Kier molecular flexibility index (Phi) is 43.7. The van der Waals surface area contributed by atoms with Crippen LogP contribution in [0.1, 0.15) is 251 Å². The number of aliphatic hydroxyl groups is 2. The lowest BCUT2D eigenvalue weighted by molar-refractivity contribution is -0.143. The molecule has 0 bridgehead atoms. The number of amides is 1. The number of aliphatic hydroxyl groups excluding tert-OH is 2. The number of nitrogens with one attached hydrogen (secondary N) is 1. The van der Waals surface area contributed by atoms with Crippen LogP contribution in [0.4, 0.5) is 0 Å². The Bertz CT molecular complexity index is 858. The van der Waals surface area contributed by atoms with Crippen LogP contribution < -0.4 is 5.32 Å². The minimum absolute atomic E-state index is 0.0212. The standard InChI is InChI=1S/C49H93NO5/c1-3-5-7-9-11-13-15-16-17-20-23-27-31-35-39-43-49(54)55-44-40-36-32-28-24-21-18-19-22-26-30-34-38-42-48(53)50-46(45-51)47(52)41-37-33-29-25-14-12-10-8-6-4-2/h16-17,19,22,46-47,51-52H,3-15,18,20-21,23-45H2,1-2H3,(H,50,53)/b17-16-,22-19-. The van der Waals surface area contributed by atoms with Gasteiger partial charge in [0.1, 0.15) is 0 Å². The molecule has 324 valence electrons. The van der Waals surface area contributed by atoms with Gasteiger partial charge in [-0.3, -0.25) is 9.59 Å². The van der Waals surface area contributed by atoms with Gasteiger partial charge in [-0.15, -0.1) is 0 Å². The van der Waals surface area contributed by atoms with E-state index in [1.54, 1.807) is 0 Å². The molecule has 0 aromatic rings. The second-order valence-electron chi connectivity index (χ2n) is 16.4. The SMILES string of the molecule is CCCCCCCC/C=C\CCCCCCCC(=O)OCCCCCCCC/C=C\CCCCCC(=O)NC(CO)C(O)CCCCCCCCCCCC. The fraction of sp³-hybridized carbons (Fsp3) is 0.878. The average molecular weight is 776 g/mol. The van der Waals surface area contributed by atoms with E-state index in [0.29, 0.717) is 25.9 Å². The molecule has 0 heterocycles. The van der Waals surface area contributed by atoms with E-state index in [0.717, 1.165) is 70.6 Å². The number of unbranched alkanes of at least 4 members (excludes halogenated alkanes) is 29. The van der Waals surface area contributed by atoms with Gasteiger partial charge in [0, 0.05) is 12.8 Å². The molecule has 0 aromatic carbocycles. The van der Waals surface area contributed by atoms with Crippen molar-refractivity contribution in [1.82, 2.24) is 5.32 Å². The molecule has 2 unspecified atom stereocenters. The predicted octanol–water partition coefficient (Wildman–Crippen LogP) is 14.0. The number of allylic oxidation sites excluding steroid dienone is 4. The van der Waals surface area contributed by atoms with Gasteiger partial charge in [-0.25, -0.2) is 0 Å². The highest BCUT2D eigenvalue weighted by Crippen LogP contribution is 2.15. The fourth-order valence-corrected chi connectivity index (χ4v) is 7.21. The molecule has 0 spiro atoms. The molecule has 0 saturated carbocycles. The molecule has 0 saturated heterocycles. The first-order valence-corrected chi connectivity index (χ1v) is 24.1. The topological polar surface area (TPSA) is 95.9 Å². The van der Waals surface area contributed by atoms with Gasteiger partial charge in [0.2, 0.25) is 5.91 Å². The summed E-state index contributed by atoms with van der Waals surface area (Å²) < 4.78 is 5.45. The van der Waals surface area contributed by atoms with Crippen LogP contribution in [-0.4, -0.2) is 47.4 Å². The number of ether oxygens (including phenoxy) is 1. The zero-order valence-corrected chi connectivity index (χ0v) is 36.7. The summed E-state index contributed by atoms with van der Waals surface area (Å²) in [6.45, 7) is 4.87. The lowest BCUT2D eigenvalue weighted by Gasteiger charge is -2.22. The first-order chi connectivity index (χ1) is 27.0. The Morgan fingerprint density at radius 2 is 0.855 bits per heavy atom. The van der Waals surface area contributed by atoms with Crippen LogP contribution in [0.15, 0.2) is 24.3 Å². The van der Waals surface area contributed by atoms with Crippen molar-refractivity contribution in [3.63, 3.8) is 0 Å². The summed E-state index contributed by atoms with van der Waals surface area (Å²) in [6, 6.07) is -0.560. The normalized spacial score (nSPS) is 12.9. The number of hydrogen-bond acceptors (Lipinski definition) is 5. The second kappa shape index (κ2) is 45.0. The molecule has 0 aliphatic heterocycles. The molecule has 3 N–H and O–H groups in total. The maximum absolute atomic E-state index is 12.4. The molecule has 0 rings (SSSR count). The van der Waals surface area contributed by atoms with Crippen LogP contribution >= 0.6 is 0 Å². The van der Waals surface area contributed by atoms with E-state index >= 15 is 0 Å². The third-order valence-corrected chi connectivity index (χ3v) is 11.0. The summed E-state index contributed by atoms with van der Waals surface area (Å²) in [7, 11) is 0. The molecule has 1 amide bonds. The summed E-state index contributed by atoms with van der Waals surface area (Å²) in [6.07, 6.45) is 51.4. The number of carbonyl (C=O) groups is 2. The van der Waals surface area contributed by atoms with Crippen LogP contribution in [0, 0.1) is 0 Å². The molecule has 55 heavy (non-hydrogen) atoms. The minimum Gasteiger partial charge on any atom is -0.466 e. The molecule has 0 radical (unpaired) electrons. The Balaban J connectivity index is 3.49. The summed E-state index contributed by atoms with van der Waals surface area (Å²) in [5, 5.41) is 23.0. The third kappa shape index (κ3) is 41.8. The summed E-state index contributed by atoms with van der Waals surface area (Å²) in [5.41, 5.74) is 0. The number of rotatable bonds is 44. The van der Waals surface area contributed by atoms with Crippen molar-refractivity contribution >= 4 is 11.9 Å². The van der Waals surface area contributed by atoms with Crippen molar-refractivity contribution in [2.75, 3.05) is 13.2 Å². The van der Waals surface area contributed by atoms with Crippen LogP contribution in [0.2, 0.25) is 0 Å². The Labute approximate surface area is 341 Å². The van der Waals surface area contributed by atoms with Gasteiger partial charge in [-0.05, 0) is 77.0 Å². The summed E-state index contributed by atoms with van der Waals surface area (Å²) in [5.74, 6) is -0.0890. The van der Waals surface area contributed by atoms with Crippen molar-refractivity contribution in [2.45, 2.75) is 264 Å². The first kappa shape index (κ1) is 53.3. The van der Waals surface area contributed by atoms with Crippen molar-refractivity contribution in [3.05, 3.63) is 24.3 Å². The number of carbonyl (C=O) groups excluding carboxylic acids is 2. The minimum atomic E-state index is -0.679. The van der Waals surface area contributed by atoms with Crippen molar-refractivity contribution < 1.29 is 24.5 Å². The van der Waals surface area contributed by atoms with Crippen LogP contribution in [-0.2, 0) is 14.3 Å². The highest BCUT2D eigenvalue weighted by molar-refractivity contribution is 5.76. The Morgan fingerprint density at radius 3 is 1.31 bits per heavy atom. The lowest BCUT2D eigenvalue weighted by atomic mass is 10.0. The van der Waals surface area contributed by atoms with E-state index in [4.69, 9.17) is 4.74 Å². The zero-order chi connectivity index (χ0) is 40.1. The average Bonchev–Trinajstić information content (AvgIpc) is 3.18. The molecule has 0 fully saturated rings. The second-order valence-corrected chi connectivity index (χ2v) is 16.4. The van der Waals surface area contributed by atoms with E-state index in [1.807, 2.05) is 0 Å². The maximum Gasteiger partial charge on any atom is 0.305 e. The monoisotopic (exact) mass is 776 g/mol. The quantitative estimate of drug-likeness (QED) is 0.0325. The molecule has 0 aliphatic rings. The number of esters is 1. The largest absolute Gasteiger partial charge is 0.466 e. The zero-order valence-electron chi connectivity index (χ0n) is 36.7. The lowest BCUT2D eigenvalue weighted by Crippen LogP contribution is -2.45. The van der Waals surface area contributed by atoms with E-state index in [1.165, 1.54) is 148 Å². The molecular formula is C49H93NO5. The fourth-order valence-electron chi connectivity index (χ4n) is 7.21. The molecule has 6 nitrogen and oxygen atoms in total. The maximum atomic E-state index is 12.4. The molecule has 2 atom stereocenters. The number of hydrogen-bond donors (Lipinski definition) is 3. The van der Waals surface area contributed by atoms with E-state index < -0.39 is 12.1 Å². The third-order valence-electron chi connectivity index (χ3n) is 11.0. The van der Waals surface area contributed by atoms with Gasteiger partial charge in [-0.1, -0.05) is 186 Å². The van der Waals surface area contributed by atoms with E-state index in [-0.39, 0.29) is 18.5 Å². The van der Waals surface area contributed by atoms with Crippen molar-refractivity contribution in [3.8, 4) is 0 Å². The van der Waals surface area contributed by atoms with Gasteiger partial charge >= 0.3 is 5.97 Å². The smallest absolute Gasteiger partial charge is 0.305 e. The molecule has 6 heteroatoms. The van der Waals surface area contributed by atoms with E-state index in [2.05, 4.69) is 43.5 Å². The molecule has 0 aromatic heterocycles. The van der Waals surface area contributed by atoms with Crippen LogP contribution in [0.3, 0.4) is 0 Å². The van der Waals surface area contributed by atoms with E-state index in [9.17, 15) is 19.8 Å². The van der Waals surface area contributed by atoms with Crippen molar-refractivity contribution in [1.29, 1.82) is 0 Å². The van der Waals surface area contributed by atoms with Crippen molar-refractivity contribution in [2.24, 2.45) is 0 Å². The highest BCUT2D eigenvalue weighted by atomic mass is 16.5. The Hall–Kier alpha value is -1.66. The van der Waals surface area contributed by atoms with Gasteiger partial charge in [0.25, 0.3) is 0 Å². The molecular weight excluding hydrogens is 683 g/mol. The van der Waals surface area contributed by atoms with Gasteiger partial charge < -0.3 is 20.3 Å². The summed E-state index contributed by atoms with van der Waals surface area (Å²) >= 11 is 0. The molecule has 0 aliphatic carbocycles. The van der Waals surface area contributed by atoms with Gasteiger partial charge in [0.15, 0.2) is 0 Å². The summed E-state index contributed by atoms with van der Waals surface area (Å²) in [4.78, 5) is 24.4. The van der Waals surface area contributed by atoms with Gasteiger partial charge in [-0.2, -0.15) is 0 Å². The van der Waals surface area contributed by atoms with Crippen LogP contribution in [0.5, 0.6) is 0 Å². The highest BCUT2D eigenvalue weighted by Gasteiger charge is 2.20. The first-order valence-electron chi connectivity index (χ1n) is 24.1. The van der Waals surface area contributed by atoms with Gasteiger partial charge in [0.05, 0.1) is 25.4 Å². The Morgan fingerprint density at radius 1 is 0.491 bits per heavy atom.